The molecule has 0 unspecified atom stereocenters. The first-order valence-electron chi connectivity index (χ1n) is 7.07. The summed E-state index contributed by atoms with van der Waals surface area (Å²) in [5.74, 6) is 0.258. The molecule has 0 aliphatic rings. The number of hydrogen-bond donors (Lipinski definition) is 0. The molecule has 0 spiro atoms. The fourth-order valence-corrected chi connectivity index (χ4v) is 1.98. The van der Waals surface area contributed by atoms with Gasteiger partial charge in [-0.1, -0.05) is 56.7 Å². The number of nitrogens with zero attached hydrogens (tertiary/aromatic N) is 1. The van der Waals surface area contributed by atoms with Gasteiger partial charge in [0, 0.05) is 12.5 Å². The Morgan fingerprint density at radius 3 is 2.32 bits per heavy atom. The van der Waals surface area contributed by atoms with Crippen molar-refractivity contribution in [2.45, 2.75) is 27.7 Å². The van der Waals surface area contributed by atoms with Crippen molar-refractivity contribution in [3.05, 3.63) is 41.5 Å². The largest absolute Gasteiger partial charge is 0.303 e. The summed E-state index contributed by atoms with van der Waals surface area (Å²) in [6, 6.07) is 8.19. The van der Waals surface area contributed by atoms with E-state index in [0.29, 0.717) is 0 Å². The van der Waals surface area contributed by atoms with Crippen molar-refractivity contribution >= 4 is 11.9 Å². The Morgan fingerprint density at radius 1 is 1.21 bits per heavy atom. The summed E-state index contributed by atoms with van der Waals surface area (Å²) in [6.45, 7) is 11.1. The van der Waals surface area contributed by atoms with E-state index in [1.807, 2.05) is 25.1 Å². The van der Waals surface area contributed by atoms with Crippen LogP contribution in [-0.2, 0) is 4.79 Å². The molecule has 0 heterocycles. The fraction of sp³-hybridized carbons (Fsp3) is 0.471. The fourth-order valence-electron chi connectivity index (χ4n) is 1.98. The molecule has 0 radical (unpaired) electrons. The van der Waals surface area contributed by atoms with Crippen molar-refractivity contribution in [3.8, 4) is 0 Å². The van der Waals surface area contributed by atoms with E-state index < -0.39 is 0 Å². The van der Waals surface area contributed by atoms with Crippen LogP contribution in [0.3, 0.4) is 0 Å². The molecule has 104 valence electrons. The first kappa shape index (κ1) is 15.6. The van der Waals surface area contributed by atoms with Gasteiger partial charge in [0.15, 0.2) is 5.78 Å². The highest BCUT2D eigenvalue weighted by Crippen LogP contribution is 2.07. The van der Waals surface area contributed by atoms with Crippen LogP contribution in [0.1, 0.15) is 31.9 Å². The van der Waals surface area contributed by atoms with E-state index in [4.69, 9.17) is 0 Å². The Kier molecular flexibility index (Phi) is 6.51. The van der Waals surface area contributed by atoms with Crippen LogP contribution < -0.4 is 0 Å². The smallest absolute Gasteiger partial charge is 0.159 e. The number of ketones is 1. The molecule has 0 amide bonds. The van der Waals surface area contributed by atoms with Gasteiger partial charge in [0.05, 0.1) is 0 Å². The van der Waals surface area contributed by atoms with Crippen molar-refractivity contribution < 1.29 is 4.79 Å². The van der Waals surface area contributed by atoms with Gasteiger partial charge in [-0.2, -0.15) is 0 Å². The summed E-state index contributed by atoms with van der Waals surface area (Å²) in [5, 5.41) is 0. The molecule has 2 heteroatoms. The molecule has 1 atom stereocenters. The SMILES string of the molecule is CCN(CC)C[C@H](C)C(=O)/C=C\c1ccc(C)cc1. The quantitative estimate of drug-likeness (QED) is 0.698. The molecule has 0 saturated heterocycles. The van der Waals surface area contributed by atoms with E-state index in [1.165, 1.54) is 5.56 Å². The lowest BCUT2D eigenvalue weighted by molar-refractivity contribution is -0.118. The summed E-state index contributed by atoms with van der Waals surface area (Å²) in [5.41, 5.74) is 2.31. The van der Waals surface area contributed by atoms with Crippen molar-refractivity contribution in [3.63, 3.8) is 0 Å². The van der Waals surface area contributed by atoms with Crippen molar-refractivity contribution in [2.24, 2.45) is 5.92 Å². The lowest BCUT2D eigenvalue weighted by Gasteiger charge is -2.20. The van der Waals surface area contributed by atoms with Crippen molar-refractivity contribution in [1.29, 1.82) is 0 Å². The van der Waals surface area contributed by atoms with Crippen LogP contribution in [0.15, 0.2) is 30.3 Å². The van der Waals surface area contributed by atoms with Gasteiger partial charge in [0.25, 0.3) is 0 Å². The molecular weight excluding hydrogens is 234 g/mol. The molecular formula is C17H25NO. The van der Waals surface area contributed by atoms with Gasteiger partial charge in [0.1, 0.15) is 0 Å². The first-order valence-corrected chi connectivity index (χ1v) is 7.07. The highest BCUT2D eigenvalue weighted by atomic mass is 16.1. The second kappa shape index (κ2) is 7.90. The molecule has 0 bridgehead atoms. The molecule has 0 aliphatic heterocycles. The van der Waals surface area contributed by atoms with E-state index in [-0.39, 0.29) is 11.7 Å². The predicted octanol–water partition coefficient (Wildman–Crippen LogP) is 3.56. The normalized spacial score (nSPS) is 13.1. The minimum atomic E-state index is 0.0570. The first-order chi connectivity index (χ1) is 9.06. The standard InChI is InChI=1S/C17H25NO/c1-5-18(6-2)13-15(4)17(19)12-11-16-9-7-14(3)8-10-16/h7-12,15H,5-6,13H2,1-4H3/b12-11-/t15-/m0/s1. The number of allylic oxidation sites excluding steroid dienone is 1. The van der Waals surface area contributed by atoms with Crippen LogP contribution in [0.4, 0.5) is 0 Å². The third-order valence-corrected chi connectivity index (χ3v) is 3.43. The molecule has 19 heavy (non-hydrogen) atoms. The maximum atomic E-state index is 12.0. The Bertz CT molecular complexity index is 415. The van der Waals surface area contributed by atoms with Gasteiger partial charge >= 0.3 is 0 Å². The van der Waals surface area contributed by atoms with E-state index in [0.717, 1.165) is 25.2 Å². The van der Waals surface area contributed by atoms with Gasteiger partial charge in [-0.15, -0.1) is 0 Å². The zero-order chi connectivity index (χ0) is 14.3. The number of carbonyl (C=O) groups excluding carboxylic acids is 1. The summed E-state index contributed by atoms with van der Waals surface area (Å²) in [4.78, 5) is 14.3. The Hall–Kier alpha value is -1.41. The third kappa shape index (κ3) is 5.39. The highest BCUT2D eigenvalue weighted by Gasteiger charge is 2.12. The second-order valence-corrected chi connectivity index (χ2v) is 5.03. The van der Waals surface area contributed by atoms with Gasteiger partial charge in [0.2, 0.25) is 0 Å². The van der Waals surface area contributed by atoms with Crippen LogP contribution >= 0.6 is 0 Å². The Balaban J connectivity index is 2.56. The molecule has 1 aromatic rings. The number of rotatable bonds is 7. The number of aryl methyl sites for hydroxylation is 1. The zero-order valence-electron chi connectivity index (χ0n) is 12.5. The molecule has 0 aromatic heterocycles. The van der Waals surface area contributed by atoms with E-state index in [2.05, 4.69) is 37.8 Å². The van der Waals surface area contributed by atoms with Crippen molar-refractivity contribution in [2.75, 3.05) is 19.6 Å². The van der Waals surface area contributed by atoms with E-state index >= 15 is 0 Å². The van der Waals surface area contributed by atoms with Gasteiger partial charge in [-0.05, 0) is 31.7 Å². The van der Waals surface area contributed by atoms with Crippen molar-refractivity contribution in [1.82, 2.24) is 4.90 Å². The van der Waals surface area contributed by atoms with Crippen LogP contribution in [0.5, 0.6) is 0 Å². The lowest BCUT2D eigenvalue weighted by Crippen LogP contribution is -2.31. The molecule has 1 aromatic carbocycles. The van der Waals surface area contributed by atoms with Gasteiger partial charge < -0.3 is 4.90 Å². The molecule has 1 rings (SSSR count). The molecule has 0 N–H and O–H groups in total. The number of carbonyl (C=O) groups is 1. The predicted molar refractivity (Wildman–Crippen MR) is 82.2 cm³/mol. The minimum Gasteiger partial charge on any atom is -0.303 e. The Labute approximate surface area is 117 Å². The number of benzene rings is 1. The van der Waals surface area contributed by atoms with Crippen LogP contribution in [0.2, 0.25) is 0 Å². The summed E-state index contributed by atoms with van der Waals surface area (Å²) >= 11 is 0. The summed E-state index contributed by atoms with van der Waals surface area (Å²) in [6.07, 6.45) is 3.61. The maximum Gasteiger partial charge on any atom is 0.159 e. The van der Waals surface area contributed by atoms with Gasteiger partial charge in [-0.25, -0.2) is 0 Å². The molecule has 0 aliphatic carbocycles. The zero-order valence-corrected chi connectivity index (χ0v) is 12.5. The van der Waals surface area contributed by atoms with E-state index in [1.54, 1.807) is 6.08 Å². The Morgan fingerprint density at radius 2 is 1.79 bits per heavy atom. The lowest BCUT2D eigenvalue weighted by atomic mass is 10.0. The summed E-state index contributed by atoms with van der Waals surface area (Å²) < 4.78 is 0. The van der Waals surface area contributed by atoms with Crippen LogP contribution in [0.25, 0.3) is 6.08 Å². The number of hydrogen-bond acceptors (Lipinski definition) is 2. The average molecular weight is 259 g/mol. The average Bonchev–Trinajstić information content (AvgIpc) is 2.43. The maximum absolute atomic E-state index is 12.0. The molecule has 0 saturated carbocycles. The monoisotopic (exact) mass is 259 g/mol. The van der Waals surface area contributed by atoms with E-state index in [9.17, 15) is 4.79 Å². The summed E-state index contributed by atoms with van der Waals surface area (Å²) in [7, 11) is 0. The van der Waals surface area contributed by atoms with Crippen LogP contribution in [-0.4, -0.2) is 30.3 Å². The highest BCUT2D eigenvalue weighted by molar-refractivity contribution is 5.95. The topological polar surface area (TPSA) is 20.3 Å². The minimum absolute atomic E-state index is 0.0570. The third-order valence-electron chi connectivity index (χ3n) is 3.43. The molecule has 2 nitrogen and oxygen atoms in total. The van der Waals surface area contributed by atoms with Gasteiger partial charge in [-0.3, -0.25) is 4.79 Å². The molecule has 0 fully saturated rings. The van der Waals surface area contributed by atoms with Crippen LogP contribution in [0, 0.1) is 12.8 Å². The second-order valence-electron chi connectivity index (χ2n) is 5.03.